The van der Waals surface area contributed by atoms with Crippen LogP contribution >= 0.6 is 0 Å². The Balaban J connectivity index is 0.000000392. The highest BCUT2D eigenvalue weighted by atomic mass is 16.5. The molecule has 0 saturated heterocycles. The van der Waals surface area contributed by atoms with E-state index in [1.807, 2.05) is 6.92 Å². The first-order chi connectivity index (χ1) is 22.7. The lowest BCUT2D eigenvalue weighted by molar-refractivity contribution is -0.152. The fourth-order valence-electron chi connectivity index (χ4n) is 4.55. The van der Waals surface area contributed by atoms with E-state index in [9.17, 15) is 29.1 Å². The van der Waals surface area contributed by atoms with Crippen molar-refractivity contribution in [1.29, 1.82) is 0 Å². The number of aryl methyl sites for hydroxylation is 3. The highest BCUT2D eigenvalue weighted by Crippen LogP contribution is 2.28. The molecular formula is C36H48O12. The highest BCUT2D eigenvalue weighted by molar-refractivity contribution is 5.99. The number of phenols is 3. The van der Waals surface area contributed by atoms with Crippen molar-refractivity contribution >= 4 is 34.7 Å². The number of benzene rings is 2. The molecule has 3 aromatic rings. The number of hydrogen-bond acceptors (Lipinski definition) is 12. The van der Waals surface area contributed by atoms with Crippen molar-refractivity contribution in [2.75, 3.05) is 19.8 Å². The average Bonchev–Trinajstić information content (AvgIpc) is 3.03. The number of aromatic hydroxyl groups is 3. The number of ether oxygens (including phenoxy) is 3. The van der Waals surface area contributed by atoms with Crippen LogP contribution in [0.3, 0.4) is 0 Å². The molecule has 264 valence electrons. The predicted octanol–water partition coefficient (Wildman–Crippen LogP) is 5.76. The van der Waals surface area contributed by atoms with Gasteiger partial charge in [0.15, 0.2) is 0 Å². The Labute approximate surface area is 280 Å². The maximum absolute atomic E-state index is 12.2. The summed E-state index contributed by atoms with van der Waals surface area (Å²) in [5.41, 5.74) is 2.76. The van der Waals surface area contributed by atoms with Gasteiger partial charge in [-0.1, -0.05) is 19.9 Å². The molecule has 0 aliphatic carbocycles. The Morgan fingerprint density at radius 1 is 0.750 bits per heavy atom. The van der Waals surface area contributed by atoms with E-state index in [1.165, 1.54) is 18.2 Å². The van der Waals surface area contributed by atoms with Gasteiger partial charge in [-0.15, -0.1) is 0 Å². The normalized spacial score (nSPS) is 10.9. The molecule has 1 atom stereocenters. The lowest BCUT2D eigenvalue weighted by Gasteiger charge is -2.13. The molecule has 0 aliphatic rings. The predicted molar refractivity (Wildman–Crippen MR) is 179 cm³/mol. The smallest absolute Gasteiger partial charge is 0.339 e. The molecule has 0 aliphatic heterocycles. The molecular weight excluding hydrogens is 624 g/mol. The Kier molecular flexibility index (Phi) is 18.1. The van der Waals surface area contributed by atoms with Crippen molar-refractivity contribution in [2.45, 2.75) is 87.0 Å². The molecule has 0 bridgehead atoms. The van der Waals surface area contributed by atoms with Gasteiger partial charge < -0.3 is 33.9 Å². The van der Waals surface area contributed by atoms with Gasteiger partial charge in [-0.2, -0.15) is 0 Å². The van der Waals surface area contributed by atoms with E-state index in [4.69, 9.17) is 28.8 Å². The van der Waals surface area contributed by atoms with Crippen LogP contribution in [0.5, 0.6) is 17.2 Å². The summed E-state index contributed by atoms with van der Waals surface area (Å²) in [7, 11) is 0. The largest absolute Gasteiger partial charge is 0.508 e. The van der Waals surface area contributed by atoms with Crippen molar-refractivity contribution in [3.63, 3.8) is 0 Å². The maximum Gasteiger partial charge on any atom is 0.339 e. The molecule has 0 amide bonds. The third-order valence-electron chi connectivity index (χ3n) is 7.12. The molecule has 3 rings (SSSR count). The molecule has 12 heteroatoms. The molecule has 12 nitrogen and oxygen atoms in total. The number of phenolic OH excluding ortho intramolecular Hbond substituents is 3. The number of ketones is 1. The fourth-order valence-corrected chi connectivity index (χ4v) is 4.55. The van der Waals surface area contributed by atoms with Gasteiger partial charge >= 0.3 is 23.5 Å². The molecule has 3 N–H and O–H groups in total. The van der Waals surface area contributed by atoms with Crippen LogP contribution in [-0.4, -0.2) is 58.8 Å². The van der Waals surface area contributed by atoms with Crippen LogP contribution in [0.15, 0.2) is 39.5 Å². The molecule has 0 saturated carbocycles. The second-order valence-corrected chi connectivity index (χ2v) is 10.6. The maximum atomic E-state index is 12.2. The first-order valence-corrected chi connectivity index (χ1v) is 16.0. The number of carbonyl (C=O) groups is 4. The monoisotopic (exact) mass is 672 g/mol. The number of fused-ring (bicyclic) bond motifs is 1. The van der Waals surface area contributed by atoms with E-state index in [2.05, 4.69) is 0 Å². The van der Waals surface area contributed by atoms with Gasteiger partial charge in [0, 0.05) is 42.3 Å². The van der Waals surface area contributed by atoms with E-state index in [1.54, 1.807) is 53.7 Å². The van der Waals surface area contributed by atoms with Gasteiger partial charge in [-0.3, -0.25) is 19.2 Å². The Bertz CT molecular complexity index is 1590. The summed E-state index contributed by atoms with van der Waals surface area (Å²) >= 11 is 0. The number of Topliss-reactive ketones (excluding diaryl/α,β-unsaturated/α-hetero) is 1. The van der Waals surface area contributed by atoms with Crippen LogP contribution in [0, 0.1) is 19.8 Å². The van der Waals surface area contributed by atoms with Gasteiger partial charge in [-0.05, 0) is 82.7 Å². The third kappa shape index (κ3) is 13.1. The van der Waals surface area contributed by atoms with Gasteiger partial charge in [0.25, 0.3) is 0 Å². The quantitative estimate of drug-likeness (QED) is 0.0864. The van der Waals surface area contributed by atoms with Crippen molar-refractivity contribution < 1.29 is 53.1 Å². The zero-order chi connectivity index (χ0) is 36.4. The van der Waals surface area contributed by atoms with Crippen molar-refractivity contribution in [3.05, 3.63) is 63.0 Å². The molecule has 48 heavy (non-hydrogen) atoms. The van der Waals surface area contributed by atoms with Gasteiger partial charge in [0.1, 0.15) is 34.5 Å². The van der Waals surface area contributed by atoms with E-state index in [0.29, 0.717) is 42.8 Å². The Morgan fingerprint density at radius 2 is 1.33 bits per heavy atom. The summed E-state index contributed by atoms with van der Waals surface area (Å²) in [6.45, 7) is 13.2. The summed E-state index contributed by atoms with van der Waals surface area (Å²) in [6.07, 6.45) is 1.55. The summed E-state index contributed by atoms with van der Waals surface area (Å²) < 4.78 is 19.7. The SMILES string of the molecule is CCOC(=O)CCC(C(=O)CC)C(=O)OCC.CCOC(=O)CCc1c(CC)c2cc(C)c(O)cc2oc1=O.Cc1ccc(O)cc1O. The fraction of sp³-hybridized carbons (Fsp3) is 0.472. The van der Waals surface area contributed by atoms with Crippen LogP contribution in [0.2, 0.25) is 0 Å². The van der Waals surface area contributed by atoms with Gasteiger partial charge in [-0.25, -0.2) is 4.79 Å². The van der Waals surface area contributed by atoms with Crippen molar-refractivity contribution in [3.8, 4) is 17.2 Å². The van der Waals surface area contributed by atoms with Crippen LogP contribution in [-0.2, 0) is 46.2 Å². The first-order valence-electron chi connectivity index (χ1n) is 16.0. The molecule has 1 unspecified atom stereocenters. The summed E-state index contributed by atoms with van der Waals surface area (Å²) in [4.78, 5) is 57.9. The van der Waals surface area contributed by atoms with Crippen molar-refractivity contribution in [2.24, 2.45) is 5.92 Å². The number of rotatable bonds is 13. The zero-order valence-corrected chi connectivity index (χ0v) is 28.8. The minimum atomic E-state index is -0.843. The topological polar surface area (TPSA) is 187 Å². The van der Waals surface area contributed by atoms with Gasteiger partial charge in [0.05, 0.1) is 19.8 Å². The number of esters is 3. The number of carbonyl (C=O) groups excluding carboxylic acids is 4. The van der Waals surface area contributed by atoms with Crippen molar-refractivity contribution in [1.82, 2.24) is 0 Å². The summed E-state index contributed by atoms with van der Waals surface area (Å²) in [5, 5.41) is 28.3. The summed E-state index contributed by atoms with van der Waals surface area (Å²) in [5.74, 6) is -2.00. The van der Waals surface area contributed by atoms with E-state index < -0.39 is 23.5 Å². The number of hydrogen-bond donors (Lipinski definition) is 3. The zero-order valence-electron chi connectivity index (χ0n) is 28.8. The minimum Gasteiger partial charge on any atom is -0.508 e. The van der Waals surface area contributed by atoms with Crippen LogP contribution in [0.4, 0.5) is 0 Å². The van der Waals surface area contributed by atoms with Crippen LogP contribution in [0.1, 0.15) is 82.6 Å². The third-order valence-corrected chi connectivity index (χ3v) is 7.12. The standard InChI is InChI=1S/C17H20O5.C12H20O5.C7H8O2/c1-4-11-12(6-7-16(19)21-5-2)17(20)22-15-9-14(18)10(3)8-13(11)15;1-4-10(13)9(12(15)17-6-3)7-8-11(14)16-5-2;1-5-2-3-6(8)4-7(5)9/h8-9,18H,4-7H2,1-3H3;9H,4-8H2,1-3H3;2-4,8-9H,1H3. The van der Waals surface area contributed by atoms with E-state index >= 15 is 0 Å². The molecule has 2 aromatic carbocycles. The minimum absolute atomic E-state index is 0.0586. The van der Waals surface area contributed by atoms with E-state index in [-0.39, 0.29) is 61.3 Å². The lowest BCUT2D eigenvalue weighted by Crippen LogP contribution is -2.26. The average molecular weight is 673 g/mol. The second kappa shape index (κ2) is 21.1. The molecule has 1 aromatic heterocycles. The van der Waals surface area contributed by atoms with Crippen LogP contribution < -0.4 is 5.63 Å². The lowest BCUT2D eigenvalue weighted by atomic mass is 9.97. The van der Waals surface area contributed by atoms with E-state index in [0.717, 1.165) is 16.5 Å². The van der Waals surface area contributed by atoms with Crippen LogP contribution in [0.25, 0.3) is 11.0 Å². The Hall–Kier alpha value is -4.87. The molecule has 0 spiro atoms. The molecule has 1 heterocycles. The Morgan fingerprint density at radius 3 is 1.85 bits per heavy atom. The highest BCUT2D eigenvalue weighted by Gasteiger charge is 2.27. The van der Waals surface area contributed by atoms with Gasteiger partial charge in [0.2, 0.25) is 0 Å². The molecule has 0 fully saturated rings. The second-order valence-electron chi connectivity index (χ2n) is 10.6. The molecule has 0 radical (unpaired) electrons. The first kappa shape index (κ1) is 41.2. The summed E-state index contributed by atoms with van der Waals surface area (Å²) in [6, 6.07) is 7.77.